The van der Waals surface area contributed by atoms with Crippen molar-refractivity contribution in [2.75, 3.05) is 12.4 Å². The number of nitrogens with one attached hydrogen (secondary N) is 1. The summed E-state index contributed by atoms with van der Waals surface area (Å²) >= 11 is 7.25. The molecule has 0 aliphatic heterocycles. The molecular weight excluding hydrogens is 258 g/mol. The van der Waals surface area contributed by atoms with Gasteiger partial charge in [0, 0.05) is 23.2 Å². The number of alkyl halides is 1. The SMILES string of the molecule is O=C(NCC1(CCl)CCCCC1)c1csnn1. The minimum absolute atomic E-state index is 0.0823. The maximum atomic E-state index is 11.8. The number of carbonyl (C=O) groups excluding carboxylic acids is 1. The van der Waals surface area contributed by atoms with Crippen molar-refractivity contribution >= 4 is 29.0 Å². The van der Waals surface area contributed by atoms with E-state index in [0.29, 0.717) is 18.1 Å². The Hall–Kier alpha value is -0.680. The van der Waals surface area contributed by atoms with Gasteiger partial charge in [0.25, 0.3) is 5.91 Å². The average Bonchev–Trinajstić information content (AvgIpc) is 2.91. The zero-order chi connectivity index (χ0) is 12.1. The molecular formula is C11H16ClN3OS. The van der Waals surface area contributed by atoms with E-state index in [1.807, 2.05) is 0 Å². The second-order valence-corrected chi connectivity index (χ2v) is 5.54. The molecule has 1 heterocycles. The summed E-state index contributed by atoms with van der Waals surface area (Å²) in [6.07, 6.45) is 5.91. The molecule has 0 radical (unpaired) electrons. The van der Waals surface area contributed by atoms with E-state index >= 15 is 0 Å². The molecule has 94 valence electrons. The van der Waals surface area contributed by atoms with Crippen molar-refractivity contribution in [2.24, 2.45) is 5.41 Å². The fourth-order valence-corrected chi connectivity index (χ4v) is 3.08. The van der Waals surface area contributed by atoms with Crippen LogP contribution in [0.2, 0.25) is 0 Å². The van der Waals surface area contributed by atoms with Crippen LogP contribution in [0.1, 0.15) is 42.6 Å². The topological polar surface area (TPSA) is 54.9 Å². The van der Waals surface area contributed by atoms with Gasteiger partial charge in [0.2, 0.25) is 0 Å². The maximum absolute atomic E-state index is 11.8. The van der Waals surface area contributed by atoms with Crippen molar-refractivity contribution in [3.8, 4) is 0 Å². The van der Waals surface area contributed by atoms with Crippen LogP contribution in [0.5, 0.6) is 0 Å². The minimum atomic E-state index is -0.145. The first-order chi connectivity index (χ1) is 8.26. The lowest BCUT2D eigenvalue weighted by Crippen LogP contribution is -2.40. The molecule has 1 saturated carbocycles. The molecule has 1 aliphatic carbocycles. The third kappa shape index (κ3) is 3.16. The fourth-order valence-electron chi connectivity index (χ4n) is 2.28. The van der Waals surface area contributed by atoms with Gasteiger partial charge in [-0.15, -0.1) is 16.7 Å². The molecule has 0 spiro atoms. The van der Waals surface area contributed by atoms with Crippen molar-refractivity contribution in [1.82, 2.24) is 14.9 Å². The fraction of sp³-hybridized carbons (Fsp3) is 0.727. The Bertz CT molecular complexity index is 363. The number of halogens is 1. The molecule has 0 aromatic carbocycles. The van der Waals surface area contributed by atoms with Gasteiger partial charge in [-0.05, 0) is 24.4 Å². The van der Waals surface area contributed by atoms with E-state index in [0.717, 1.165) is 12.8 Å². The number of aromatic nitrogens is 2. The average molecular weight is 274 g/mol. The van der Waals surface area contributed by atoms with Crippen LogP contribution >= 0.6 is 23.1 Å². The summed E-state index contributed by atoms with van der Waals surface area (Å²) in [5, 5.41) is 8.34. The molecule has 1 N–H and O–H groups in total. The molecule has 0 saturated heterocycles. The van der Waals surface area contributed by atoms with E-state index in [9.17, 15) is 4.79 Å². The van der Waals surface area contributed by atoms with Crippen LogP contribution in [-0.4, -0.2) is 27.9 Å². The van der Waals surface area contributed by atoms with Crippen LogP contribution in [-0.2, 0) is 0 Å². The number of hydrogen-bond donors (Lipinski definition) is 1. The Balaban J connectivity index is 1.89. The van der Waals surface area contributed by atoms with E-state index in [1.165, 1.54) is 30.8 Å². The third-order valence-electron chi connectivity index (χ3n) is 3.41. The summed E-state index contributed by atoms with van der Waals surface area (Å²) in [5.74, 6) is 0.469. The van der Waals surface area contributed by atoms with Crippen molar-refractivity contribution in [3.05, 3.63) is 11.1 Å². The number of hydrogen-bond acceptors (Lipinski definition) is 4. The van der Waals surface area contributed by atoms with Gasteiger partial charge in [-0.2, -0.15) is 0 Å². The van der Waals surface area contributed by atoms with Crippen molar-refractivity contribution in [1.29, 1.82) is 0 Å². The van der Waals surface area contributed by atoms with Crippen molar-refractivity contribution in [2.45, 2.75) is 32.1 Å². The molecule has 1 aliphatic rings. The standard InChI is InChI=1S/C11H16ClN3OS/c12-7-11(4-2-1-3-5-11)8-13-10(16)9-6-17-15-14-9/h6H,1-5,7-8H2,(H,13,16). The highest BCUT2D eigenvalue weighted by Gasteiger charge is 2.31. The second kappa shape index (κ2) is 5.78. The first-order valence-electron chi connectivity index (χ1n) is 5.87. The normalized spacial score (nSPS) is 18.9. The van der Waals surface area contributed by atoms with E-state index in [1.54, 1.807) is 5.38 Å². The van der Waals surface area contributed by atoms with Gasteiger partial charge in [0.1, 0.15) is 0 Å². The summed E-state index contributed by atoms with van der Waals surface area (Å²) in [7, 11) is 0. The third-order valence-corrected chi connectivity index (χ3v) is 4.49. The van der Waals surface area contributed by atoms with Crippen LogP contribution in [0.3, 0.4) is 0 Å². The van der Waals surface area contributed by atoms with Gasteiger partial charge in [-0.3, -0.25) is 4.79 Å². The van der Waals surface area contributed by atoms with Gasteiger partial charge in [-0.1, -0.05) is 23.8 Å². The lowest BCUT2D eigenvalue weighted by Gasteiger charge is -2.35. The largest absolute Gasteiger partial charge is 0.350 e. The van der Waals surface area contributed by atoms with Crippen LogP contribution in [0, 0.1) is 5.41 Å². The van der Waals surface area contributed by atoms with E-state index in [-0.39, 0.29) is 11.3 Å². The summed E-state index contributed by atoms with van der Waals surface area (Å²) in [5.41, 5.74) is 0.481. The maximum Gasteiger partial charge on any atom is 0.272 e. The quantitative estimate of drug-likeness (QED) is 0.858. The zero-order valence-electron chi connectivity index (χ0n) is 9.62. The Morgan fingerprint density at radius 3 is 2.82 bits per heavy atom. The Morgan fingerprint density at radius 1 is 1.47 bits per heavy atom. The van der Waals surface area contributed by atoms with Gasteiger partial charge in [-0.25, -0.2) is 0 Å². The van der Waals surface area contributed by atoms with Gasteiger partial charge in [0.15, 0.2) is 5.69 Å². The number of rotatable bonds is 4. The van der Waals surface area contributed by atoms with E-state index in [2.05, 4.69) is 14.9 Å². The van der Waals surface area contributed by atoms with Crippen LogP contribution in [0.25, 0.3) is 0 Å². The Labute approximate surface area is 110 Å². The van der Waals surface area contributed by atoms with Crippen LogP contribution < -0.4 is 5.32 Å². The number of carbonyl (C=O) groups is 1. The molecule has 6 heteroatoms. The predicted octanol–water partition coefficient (Wildman–Crippen LogP) is 2.46. The van der Waals surface area contributed by atoms with Crippen LogP contribution in [0.15, 0.2) is 5.38 Å². The molecule has 1 amide bonds. The number of nitrogens with zero attached hydrogens (tertiary/aromatic N) is 2. The molecule has 0 atom stereocenters. The highest BCUT2D eigenvalue weighted by molar-refractivity contribution is 7.03. The molecule has 2 rings (SSSR count). The molecule has 1 aromatic rings. The smallest absolute Gasteiger partial charge is 0.272 e. The molecule has 0 bridgehead atoms. The lowest BCUT2D eigenvalue weighted by molar-refractivity contribution is 0.0916. The van der Waals surface area contributed by atoms with E-state index < -0.39 is 0 Å². The molecule has 1 fully saturated rings. The highest BCUT2D eigenvalue weighted by atomic mass is 35.5. The number of amides is 1. The van der Waals surface area contributed by atoms with Gasteiger partial charge < -0.3 is 5.32 Å². The summed E-state index contributed by atoms with van der Waals surface area (Å²) in [4.78, 5) is 11.8. The zero-order valence-corrected chi connectivity index (χ0v) is 11.2. The minimum Gasteiger partial charge on any atom is -0.350 e. The molecule has 1 aromatic heterocycles. The van der Waals surface area contributed by atoms with Gasteiger partial charge in [0.05, 0.1) is 0 Å². The summed E-state index contributed by atoms with van der Waals surface area (Å²) in [6, 6.07) is 0. The molecule has 0 unspecified atom stereocenters. The van der Waals surface area contributed by atoms with Crippen molar-refractivity contribution in [3.63, 3.8) is 0 Å². The van der Waals surface area contributed by atoms with Crippen molar-refractivity contribution < 1.29 is 4.79 Å². The molecule has 17 heavy (non-hydrogen) atoms. The highest BCUT2D eigenvalue weighted by Crippen LogP contribution is 2.36. The van der Waals surface area contributed by atoms with Crippen LogP contribution in [0.4, 0.5) is 0 Å². The Morgan fingerprint density at radius 2 is 2.24 bits per heavy atom. The monoisotopic (exact) mass is 273 g/mol. The summed E-state index contributed by atoms with van der Waals surface area (Å²) in [6.45, 7) is 0.646. The lowest BCUT2D eigenvalue weighted by atomic mass is 9.75. The molecule has 4 nitrogen and oxygen atoms in total. The predicted molar refractivity (Wildman–Crippen MR) is 68.5 cm³/mol. The van der Waals surface area contributed by atoms with E-state index in [4.69, 9.17) is 11.6 Å². The Kier molecular flexibility index (Phi) is 4.34. The summed E-state index contributed by atoms with van der Waals surface area (Å²) < 4.78 is 3.68. The first-order valence-corrected chi connectivity index (χ1v) is 7.24. The second-order valence-electron chi connectivity index (χ2n) is 4.67. The van der Waals surface area contributed by atoms with Gasteiger partial charge >= 0.3 is 0 Å². The first kappa shape index (κ1) is 12.8.